The zero-order chi connectivity index (χ0) is 18.5. The van der Waals surface area contributed by atoms with Gasteiger partial charge in [-0.05, 0) is 48.2 Å². The molecule has 5 nitrogen and oxygen atoms in total. The van der Waals surface area contributed by atoms with Crippen molar-refractivity contribution in [3.8, 4) is 5.75 Å². The van der Waals surface area contributed by atoms with E-state index in [-0.39, 0.29) is 18.4 Å². The minimum Gasteiger partial charge on any atom is -0.482 e. The number of ether oxygens (including phenoxy) is 1. The Morgan fingerprint density at radius 3 is 2.81 bits per heavy atom. The van der Waals surface area contributed by atoms with Gasteiger partial charge in [0.05, 0.1) is 5.69 Å². The molecule has 26 heavy (non-hydrogen) atoms. The molecule has 0 spiro atoms. The minimum absolute atomic E-state index is 0.0341. The van der Waals surface area contributed by atoms with Crippen LogP contribution in [0.4, 0.5) is 5.69 Å². The minimum atomic E-state index is -0.173. The number of rotatable bonds is 6. The highest BCUT2D eigenvalue weighted by molar-refractivity contribution is 6.35. The monoisotopic (exact) mass is 392 g/mol. The third-order valence-corrected chi connectivity index (χ3v) is 4.64. The molecule has 0 fully saturated rings. The summed E-state index contributed by atoms with van der Waals surface area (Å²) in [6.07, 6.45) is 1.59. The van der Waals surface area contributed by atoms with E-state index in [0.717, 1.165) is 11.1 Å². The van der Waals surface area contributed by atoms with Crippen LogP contribution in [0.5, 0.6) is 5.75 Å². The maximum atomic E-state index is 12.0. The lowest BCUT2D eigenvalue weighted by Gasteiger charge is -2.18. The van der Waals surface area contributed by atoms with E-state index >= 15 is 0 Å². The Hall–Kier alpha value is -2.24. The lowest BCUT2D eigenvalue weighted by Crippen LogP contribution is -2.26. The number of hydrogen-bond acceptors (Lipinski definition) is 3. The number of carbonyl (C=O) groups excluding carboxylic acids is 2. The van der Waals surface area contributed by atoms with Crippen LogP contribution in [0.25, 0.3) is 0 Å². The zero-order valence-corrected chi connectivity index (χ0v) is 15.5. The van der Waals surface area contributed by atoms with E-state index in [0.29, 0.717) is 47.3 Å². The van der Waals surface area contributed by atoms with Crippen LogP contribution in [0.15, 0.2) is 36.4 Å². The van der Waals surface area contributed by atoms with E-state index in [1.807, 2.05) is 24.3 Å². The van der Waals surface area contributed by atoms with Gasteiger partial charge >= 0.3 is 0 Å². The van der Waals surface area contributed by atoms with Crippen LogP contribution in [0.1, 0.15) is 17.5 Å². The van der Waals surface area contributed by atoms with Crippen molar-refractivity contribution in [2.24, 2.45) is 0 Å². The third kappa shape index (κ3) is 4.90. The van der Waals surface area contributed by atoms with E-state index in [1.165, 1.54) is 0 Å². The van der Waals surface area contributed by atoms with Crippen molar-refractivity contribution in [2.75, 3.05) is 18.5 Å². The second-order valence-corrected chi connectivity index (χ2v) is 6.85. The van der Waals surface area contributed by atoms with Gasteiger partial charge in [-0.25, -0.2) is 0 Å². The van der Waals surface area contributed by atoms with Crippen LogP contribution in [0, 0.1) is 0 Å². The molecule has 0 unspecified atom stereocenters. The van der Waals surface area contributed by atoms with Gasteiger partial charge in [-0.3, -0.25) is 9.59 Å². The maximum Gasteiger partial charge on any atom is 0.262 e. The van der Waals surface area contributed by atoms with Gasteiger partial charge in [0.25, 0.3) is 5.91 Å². The molecule has 1 heterocycles. The Bertz CT molecular complexity index is 840. The molecular weight excluding hydrogens is 375 g/mol. The van der Waals surface area contributed by atoms with E-state index in [2.05, 4.69) is 10.6 Å². The highest BCUT2D eigenvalue weighted by Gasteiger charge is 2.16. The Labute approximate surface area is 161 Å². The van der Waals surface area contributed by atoms with Gasteiger partial charge in [0.2, 0.25) is 5.91 Å². The fourth-order valence-corrected chi connectivity index (χ4v) is 3.20. The first-order valence-electron chi connectivity index (χ1n) is 8.27. The first-order chi connectivity index (χ1) is 12.5. The summed E-state index contributed by atoms with van der Waals surface area (Å²) in [5, 5.41) is 6.84. The first kappa shape index (κ1) is 18.5. The molecule has 136 valence electrons. The number of anilines is 1. The fraction of sp³-hybridized carbons (Fsp3) is 0.263. The number of aryl methyl sites for hydroxylation is 1. The molecule has 2 N–H and O–H groups in total. The van der Waals surface area contributed by atoms with E-state index in [1.54, 1.807) is 12.1 Å². The van der Waals surface area contributed by atoms with Crippen LogP contribution >= 0.6 is 23.2 Å². The molecule has 0 saturated carbocycles. The maximum absolute atomic E-state index is 12.0. The summed E-state index contributed by atoms with van der Waals surface area (Å²) in [5.74, 6) is 0.444. The van der Waals surface area contributed by atoms with Crippen molar-refractivity contribution in [3.05, 3.63) is 57.6 Å². The molecule has 1 aliphatic heterocycles. The Kier molecular flexibility index (Phi) is 6.01. The quantitative estimate of drug-likeness (QED) is 0.788. The van der Waals surface area contributed by atoms with Crippen LogP contribution in [0.2, 0.25) is 10.0 Å². The fourth-order valence-electron chi connectivity index (χ4n) is 2.69. The number of carbonyl (C=O) groups is 2. The predicted octanol–water partition coefficient (Wildman–Crippen LogP) is 3.62. The highest BCUT2D eigenvalue weighted by atomic mass is 35.5. The number of benzene rings is 2. The normalized spacial score (nSPS) is 12.8. The third-order valence-electron chi connectivity index (χ3n) is 4.05. The van der Waals surface area contributed by atoms with Crippen molar-refractivity contribution in [1.82, 2.24) is 5.32 Å². The van der Waals surface area contributed by atoms with Crippen molar-refractivity contribution in [1.29, 1.82) is 0 Å². The summed E-state index contributed by atoms with van der Waals surface area (Å²) in [6.45, 7) is 0.542. The second-order valence-electron chi connectivity index (χ2n) is 6.00. The molecule has 0 saturated heterocycles. The summed E-state index contributed by atoms with van der Waals surface area (Å²) in [6, 6.07) is 10.9. The molecule has 7 heteroatoms. The van der Waals surface area contributed by atoms with Gasteiger partial charge in [0.1, 0.15) is 5.75 Å². The SMILES string of the molecule is O=C(CCc1ccc2c(c1)NC(=O)CO2)NCCc1ccc(Cl)cc1Cl. The van der Waals surface area contributed by atoms with Crippen molar-refractivity contribution >= 4 is 40.7 Å². The Balaban J connectivity index is 1.45. The number of fused-ring (bicyclic) bond motifs is 1. The summed E-state index contributed by atoms with van der Waals surface area (Å²) in [7, 11) is 0. The standard InChI is InChI=1S/C19H18Cl2N2O3/c20-14-4-3-13(15(21)10-14)7-8-22-18(24)6-2-12-1-5-17-16(9-12)23-19(25)11-26-17/h1,3-5,9-10H,2,6-8,11H2,(H,22,24)(H,23,25). The molecule has 2 aromatic carbocycles. The van der Waals surface area contributed by atoms with Crippen molar-refractivity contribution in [3.63, 3.8) is 0 Å². The van der Waals surface area contributed by atoms with Crippen molar-refractivity contribution in [2.45, 2.75) is 19.3 Å². The van der Waals surface area contributed by atoms with Crippen LogP contribution in [0.3, 0.4) is 0 Å². The van der Waals surface area contributed by atoms with Crippen LogP contribution < -0.4 is 15.4 Å². The number of nitrogens with one attached hydrogen (secondary N) is 2. The van der Waals surface area contributed by atoms with Gasteiger partial charge in [0, 0.05) is 23.0 Å². The average molecular weight is 393 g/mol. The van der Waals surface area contributed by atoms with Gasteiger partial charge in [-0.1, -0.05) is 35.3 Å². The van der Waals surface area contributed by atoms with E-state index in [9.17, 15) is 9.59 Å². The molecule has 0 aliphatic carbocycles. The number of amides is 2. The molecule has 3 rings (SSSR count). The average Bonchev–Trinajstić information content (AvgIpc) is 2.61. The van der Waals surface area contributed by atoms with Gasteiger partial charge in [0.15, 0.2) is 6.61 Å². The second kappa shape index (κ2) is 8.43. The van der Waals surface area contributed by atoms with Crippen molar-refractivity contribution < 1.29 is 14.3 Å². The zero-order valence-electron chi connectivity index (χ0n) is 14.0. The molecule has 1 aliphatic rings. The van der Waals surface area contributed by atoms with E-state index < -0.39 is 0 Å². The van der Waals surface area contributed by atoms with E-state index in [4.69, 9.17) is 27.9 Å². The Morgan fingerprint density at radius 1 is 1.15 bits per heavy atom. The summed E-state index contributed by atoms with van der Waals surface area (Å²) >= 11 is 12.0. The van der Waals surface area contributed by atoms with Gasteiger partial charge in [-0.15, -0.1) is 0 Å². The molecule has 0 atom stereocenters. The molecule has 2 aromatic rings. The predicted molar refractivity (Wildman–Crippen MR) is 102 cm³/mol. The lowest BCUT2D eigenvalue weighted by molar-refractivity contribution is -0.121. The lowest BCUT2D eigenvalue weighted by atomic mass is 10.1. The topological polar surface area (TPSA) is 67.4 Å². The molecule has 0 bridgehead atoms. The number of halogens is 2. The Morgan fingerprint density at radius 2 is 2.00 bits per heavy atom. The van der Waals surface area contributed by atoms with Crippen LogP contribution in [-0.4, -0.2) is 25.0 Å². The summed E-state index contributed by atoms with van der Waals surface area (Å²) in [4.78, 5) is 23.4. The smallest absolute Gasteiger partial charge is 0.262 e. The molecule has 0 radical (unpaired) electrons. The largest absolute Gasteiger partial charge is 0.482 e. The van der Waals surface area contributed by atoms with Crippen LogP contribution in [-0.2, 0) is 22.4 Å². The molecule has 2 amide bonds. The molecular formula is C19H18Cl2N2O3. The molecule has 0 aromatic heterocycles. The highest BCUT2D eigenvalue weighted by Crippen LogP contribution is 2.28. The number of hydrogen-bond donors (Lipinski definition) is 2. The van der Waals surface area contributed by atoms with Gasteiger partial charge in [-0.2, -0.15) is 0 Å². The first-order valence-corrected chi connectivity index (χ1v) is 9.03. The summed E-state index contributed by atoms with van der Waals surface area (Å²) < 4.78 is 5.32. The summed E-state index contributed by atoms with van der Waals surface area (Å²) in [5.41, 5.74) is 2.56. The van der Waals surface area contributed by atoms with Gasteiger partial charge < -0.3 is 15.4 Å².